The van der Waals surface area contributed by atoms with Gasteiger partial charge in [0.1, 0.15) is 5.82 Å². The predicted octanol–water partition coefficient (Wildman–Crippen LogP) is 4.83. The van der Waals surface area contributed by atoms with Gasteiger partial charge < -0.3 is 0 Å². The molecule has 3 heteroatoms. The molecule has 2 aromatic heterocycles. The highest BCUT2D eigenvalue weighted by Gasteiger charge is 2.15. The number of aromatic nitrogens is 3. The molecule has 2 rings (SSSR count). The van der Waals surface area contributed by atoms with Gasteiger partial charge in [-0.15, -0.1) is 0 Å². The second kappa shape index (κ2) is 7.12. The largest absolute Gasteiger partial charge is 0.262 e. The number of aryl methyl sites for hydroxylation is 3. The van der Waals surface area contributed by atoms with Gasteiger partial charge in [-0.2, -0.15) is 0 Å². The van der Waals surface area contributed by atoms with Crippen LogP contribution in [0.1, 0.15) is 43.2 Å². The SMILES string of the molecule is C/C=C\C(=C/CC)c1nc(C)nc(C)c1-c1ccnc(C)c1. The maximum atomic E-state index is 4.73. The molecule has 114 valence electrons. The first-order valence-electron chi connectivity index (χ1n) is 7.68. The average molecular weight is 293 g/mol. The fraction of sp³-hybridized carbons (Fsp3) is 0.316. The van der Waals surface area contributed by atoms with Gasteiger partial charge in [-0.1, -0.05) is 25.2 Å². The summed E-state index contributed by atoms with van der Waals surface area (Å²) < 4.78 is 0. The molecule has 0 saturated carbocycles. The lowest BCUT2D eigenvalue weighted by Gasteiger charge is -2.14. The van der Waals surface area contributed by atoms with Crippen LogP contribution in [0.3, 0.4) is 0 Å². The van der Waals surface area contributed by atoms with Gasteiger partial charge in [0.05, 0.1) is 5.69 Å². The van der Waals surface area contributed by atoms with E-state index in [1.165, 1.54) is 0 Å². The Morgan fingerprint density at radius 2 is 1.95 bits per heavy atom. The number of hydrogen-bond donors (Lipinski definition) is 0. The van der Waals surface area contributed by atoms with Crippen LogP contribution in [0.5, 0.6) is 0 Å². The molecule has 0 unspecified atom stereocenters. The van der Waals surface area contributed by atoms with Crippen LogP contribution < -0.4 is 0 Å². The zero-order valence-electron chi connectivity index (χ0n) is 14.0. The minimum atomic E-state index is 0.800. The summed E-state index contributed by atoms with van der Waals surface area (Å²) in [7, 11) is 0. The zero-order chi connectivity index (χ0) is 16.1. The van der Waals surface area contributed by atoms with E-state index in [4.69, 9.17) is 4.98 Å². The van der Waals surface area contributed by atoms with Crippen LogP contribution in [0, 0.1) is 20.8 Å². The van der Waals surface area contributed by atoms with Crippen LogP contribution in [0.15, 0.2) is 36.6 Å². The third kappa shape index (κ3) is 3.48. The molecule has 2 heterocycles. The molecular formula is C19H23N3. The number of pyridine rings is 1. The standard InChI is InChI=1S/C19H23N3/c1-6-8-16(9-7-2)19-18(14(4)21-15(5)22-19)17-10-11-20-13(3)12-17/h6,8-12H,7H2,1-5H3/b8-6-,16-9+. The van der Waals surface area contributed by atoms with Gasteiger partial charge in [0.25, 0.3) is 0 Å². The number of allylic oxidation sites excluding steroid dienone is 4. The Morgan fingerprint density at radius 1 is 1.18 bits per heavy atom. The Bertz CT molecular complexity index is 727. The van der Waals surface area contributed by atoms with E-state index in [2.05, 4.69) is 41.2 Å². The second-order valence-electron chi connectivity index (χ2n) is 5.33. The van der Waals surface area contributed by atoms with E-state index in [-0.39, 0.29) is 0 Å². The van der Waals surface area contributed by atoms with E-state index in [9.17, 15) is 0 Å². The molecule has 0 amide bonds. The first-order valence-corrected chi connectivity index (χ1v) is 7.68. The van der Waals surface area contributed by atoms with Crippen molar-refractivity contribution in [3.05, 3.63) is 59.5 Å². The molecule has 0 N–H and O–H groups in total. The van der Waals surface area contributed by atoms with Crippen molar-refractivity contribution in [3.63, 3.8) is 0 Å². The third-order valence-electron chi connectivity index (χ3n) is 3.43. The van der Waals surface area contributed by atoms with Gasteiger partial charge in [0, 0.05) is 23.1 Å². The van der Waals surface area contributed by atoms with Gasteiger partial charge in [-0.25, -0.2) is 9.97 Å². The summed E-state index contributed by atoms with van der Waals surface area (Å²) in [6.07, 6.45) is 9.18. The van der Waals surface area contributed by atoms with Gasteiger partial charge >= 0.3 is 0 Å². The van der Waals surface area contributed by atoms with Crippen LogP contribution in [-0.4, -0.2) is 15.0 Å². The van der Waals surface area contributed by atoms with Gasteiger partial charge in [0.15, 0.2) is 0 Å². The number of nitrogens with zero attached hydrogens (tertiary/aromatic N) is 3. The van der Waals surface area contributed by atoms with Crippen LogP contribution in [0.4, 0.5) is 0 Å². The predicted molar refractivity (Wildman–Crippen MR) is 92.6 cm³/mol. The van der Waals surface area contributed by atoms with Crippen LogP contribution in [-0.2, 0) is 0 Å². The molecule has 0 aromatic carbocycles. The summed E-state index contributed by atoms with van der Waals surface area (Å²) in [5, 5.41) is 0. The number of rotatable bonds is 4. The van der Waals surface area contributed by atoms with Crippen molar-refractivity contribution in [1.82, 2.24) is 15.0 Å². The maximum Gasteiger partial charge on any atom is 0.126 e. The molecule has 0 radical (unpaired) electrons. The van der Waals surface area contributed by atoms with Crippen molar-refractivity contribution in [3.8, 4) is 11.1 Å². The fourth-order valence-electron chi connectivity index (χ4n) is 2.61. The van der Waals surface area contributed by atoms with Crippen molar-refractivity contribution < 1.29 is 0 Å². The smallest absolute Gasteiger partial charge is 0.126 e. The summed E-state index contributed by atoms with van der Waals surface area (Å²) >= 11 is 0. The van der Waals surface area contributed by atoms with Crippen LogP contribution >= 0.6 is 0 Å². The van der Waals surface area contributed by atoms with Crippen molar-refractivity contribution in [1.29, 1.82) is 0 Å². The van der Waals surface area contributed by atoms with E-state index in [1.54, 1.807) is 0 Å². The molecule has 0 atom stereocenters. The van der Waals surface area contributed by atoms with Crippen molar-refractivity contribution in [2.75, 3.05) is 0 Å². The second-order valence-corrected chi connectivity index (χ2v) is 5.33. The molecule has 2 aromatic rings. The van der Waals surface area contributed by atoms with E-state index in [0.29, 0.717) is 0 Å². The molecule has 22 heavy (non-hydrogen) atoms. The highest BCUT2D eigenvalue weighted by molar-refractivity contribution is 5.84. The lowest BCUT2D eigenvalue weighted by Crippen LogP contribution is -2.02. The van der Waals surface area contributed by atoms with E-state index in [1.807, 2.05) is 40.0 Å². The van der Waals surface area contributed by atoms with Crippen LogP contribution in [0.2, 0.25) is 0 Å². The molecule has 0 saturated heterocycles. The summed E-state index contributed by atoms with van der Waals surface area (Å²) in [6, 6.07) is 4.11. The molecule has 0 spiro atoms. The fourth-order valence-corrected chi connectivity index (χ4v) is 2.61. The lowest BCUT2D eigenvalue weighted by atomic mass is 9.97. The Kier molecular flexibility index (Phi) is 5.21. The molecule has 3 nitrogen and oxygen atoms in total. The quantitative estimate of drug-likeness (QED) is 0.758. The maximum absolute atomic E-state index is 4.73. The Hall–Kier alpha value is -2.29. The molecule has 0 aliphatic carbocycles. The highest BCUT2D eigenvalue weighted by atomic mass is 14.9. The number of hydrogen-bond acceptors (Lipinski definition) is 3. The normalized spacial score (nSPS) is 12.1. The minimum Gasteiger partial charge on any atom is -0.262 e. The summed E-state index contributed by atoms with van der Waals surface area (Å²) in [5.74, 6) is 0.800. The van der Waals surface area contributed by atoms with Crippen molar-refractivity contribution in [2.45, 2.75) is 41.0 Å². The molecule has 0 bridgehead atoms. The minimum absolute atomic E-state index is 0.800. The Balaban J connectivity index is 2.75. The summed E-state index contributed by atoms with van der Waals surface area (Å²) in [4.78, 5) is 13.6. The topological polar surface area (TPSA) is 38.7 Å². The van der Waals surface area contributed by atoms with Crippen LogP contribution in [0.25, 0.3) is 16.7 Å². The highest BCUT2D eigenvalue weighted by Crippen LogP contribution is 2.31. The zero-order valence-corrected chi connectivity index (χ0v) is 14.0. The van der Waals surface area contributed by atoms with Crippen molar-refractivity contribution in [2.24, 2.45) is 0 Å². The van der Waals surface area contributed by atoms with E-state index in [0.717, 1.165) is 46.0 Å². The first kappa shape index (κ1) is 16.1. The van der Waals surface area contributed by atoms with Gasteiger partial charge in [-0.05, 0) is 57.4 Å². The summed E-state index contributed by atoms with van der Waals surface area (Å²) in [6.45, 7) is 10.2. The van der Waals surface area contributed by atoms with Gasteiger partial charge in [0.2, 0.25) is 0 Å². The lowest BCUT2D eigenvalue weighted by molar-refractivity contribution is 1.000. The Morgan fingerprint density at radius 3 is 2.59 bits per heavy atom. The molecule has 0 fully saturated rings. The van der Waals surface area contributed by atoms with Gasteiger partial charge in [-0.3, -0.25) is 4.98 Å². The third-order valence-corrected chi connectivity index (χ3v) is 3.43. The van der Waals surface area contributed by atoms with E-state index >= 15 is 0 Å². The summed E-state index contributed by atoms with van der Waals surface area (Å²) in [5.41, 5.74) is 6.34. The molecule has 0 aliphatic rings. The van der Waals surface area contributed by atoms with Crippen molar-refractivity contribution >= 4 is 5.57 Å². The van der Waals surface area contributed by atoms with E-state index < -0.39 is 0 Å². The Labute approximate surface area is 132 Å². The molecule has 0 aliphatic heterocycles. The first-order chi connectivity index (χ1) is 10.6. The molecular weight excluding hydrogens is 270 g/mol. The monoisotopic (exact) mass is 293 g/mol. The average Bonchev–Trinajstić information content (AvgIpc) is 2.46.